The summed E-state index contributed by atoms with van der Waals surface area (Å²) in [7, 11) is 0. The molecule has 0 saturated carbocycles. The van der Waals surface area contributed by atoms with Gasteiger partial charge in [0.25, 0.3) is 5.91 Å². The second kappa shape index (κ2) is 13.2. The van der Waals surface area contributed by atoms with E-state index in [2.05, 4.69) is 15.7 Å². The second-order valence-electron chi connectivity index (χ2n) is 8.56. The van der Waals surface area contributed by atoms with Crippen molar-refractivity contribution in [3.8, 4) is 17.2 Å². The van der Waals surface area contributed by atoms with Crippen LogP contribution in [0.4, 0.5) is 5.82 Å². The molecule has 1 aliphatic rings. The highest BCUT2D eigenvalue weighted by atomic mass is 32.2. The molecule has 0 saturated heterocycles. The predicted octanol–water partition coefficient (Wildman–Crippen LogP) is 4.44. The SMILES string of the molecule is CCOc1cc(C(=O)Nc2c3c(nn2CC(=O)NCCc2ccccc2)CSC3)cc(OCC)c1OCC. The van der Waals surface area contributed by atoms with Crippen LogP contribution < -0.4 is 24.8 Å². The van der Waals surface area contributed by atoms with Gasteiger partial charge in [-0.05, 0) is 44.9 Å². The van der Waals surface area contributed by atoms with Gasteiger partial charge in [-0.1, -0.05) is 30.3 Å². The number of amides is 2. The van der Waals surface area contributed by atoms with E-state index in [1.54, 1.807) is 28.6 Å². The van der Waals surface area contributed by atoms with Gasteiger partial charge in [0.2, 0.25) is 11.7 Å². The zero-order valence-electron chi connectivity index (χ0n) is 22.0. The first-order chi connectivity index (χ1) is 18.5. The van der Waals surface area contributed by atoms with Crippen LogP contribution in [0.1, 0.15) is 48.0 Å². The van der Waals surface area contributed by atoms with E-state index >= 15 is 0 Å². The van der Waals surface area contributed by atoms with Gasteiger partial charge in [0.1, 0.15) is 12.4 Å². The maximum absolute atomic E-state index is 13.4. The van der Waals surface area contributed by atoms with Crippen LogP contribution in [-0.4, -0.2) is 48.0 Å². The quantitative estimate of drug-likeness (QED) is 0.332. The van der Waals surface area contributed by atoms with E-state index in [0.717, 1.165) is 34.7 Å². The Morgan fingerprint density at radius 3 is 2.32 bits per heavy atom. The van der Waals surface area contributed by atoms with E-state index in [4.69, 9.17) is 14.2 Å². The van der Waals surface area contributed by atoms with Gasteiger partial charge in [-0.3, -0.25) is 9.59 Å². The largest absolute Gasteiger partial charge is 0.490 e. The maximum Gasteiger partial charge on any atom is 0.257 e. The molecule has 10 heteroatoms. The highest BCUT2D eigenvalue weighted by molar-refractivity contribution is 7.98. The molecule has 0 aliphatic carbocycles. The van der Waals surface area contributed by atoms with Crippen molar-refractivity contribution in [3.63, 3.8) is 0 Å². The molecule has 2 amide bonds. The number of thioether (sulfide) groups is 1. The van der Waals surface area contributed by atoms with Crippen LogP contribution in [0.5, 0.6) is 17.2 Å². The number of nitrogens with zero attached hydrogens (tertiary/aromatic N) is 2. The van der Waals surface area contributed by atoms with Crippen LogP contribution in [0.2, 0.25) is 0 Å². The maximum atomic E-state index is 13.4. The molecular weight excluding hydrogens is 504 g/mol. The lowest BCUT2D eigenvalue weighted by molar-refractivity contribution is -0.121. The number of hydrogen-bond acceptors (Lipinski definition) is 7. The minimum Gasteiger partial charge on any atom is -0.490 e. The Morgan fingerprint density at radius 1 is 0.974 bits per heavy atom. The Kier molecular flexibility index (Phi) is 9.53. The van der Waals surface area contributed by atoms with Gasteiger partial charge in [0, 0.05) is 29.2 Å². The van der Waals surface area contributed by atoms with E-state index < -0.39 is 0 Å². The van der Waals surface area contributed by atoms with Crippen molar-refractivity contribution < 1.29 is 23.8 Å². The molecule has 0 spiro atoms. The van der Waals surface area contributed by atoms with E-state index in [1.165, 1.54) is 0 Å². The highest BCUT2D eigenvalue weighted by Gasteiger charge is 2.26. The summed E-state index contributed by atoms with van der Waals surface area (Å²) in [4.78, 5) is 26.2. The van der Waals surface area contributed by atoms with Gasteiger partial charge in [0.15, 0.2) is 11.5 Å². The van der Waals surface area contributed by atoms with Crippen molar-refractivity contribution in [1.29, 1.82) is 0 Å². The zero-order valence-corrected chi connectivity index (χ0v) is 22.9. The number of nitrogens with one attached hydrogen (secondary N) is 2. The number of carbonyl (C=O) groups excluding carboxylic acids is 2. The van der Waals surface area contributed by atoms with E-state index in [1.807, 2.05) is 51.1 Å². The van der Waals surface area contributed by atoms with Gasteiger partial charge >= 0.3 is 0 Å². The molecule has 202 valence electrons. The van der Waals surface area contributed by atoms with Crippen molar-refractivity contribution in [1.82, 2.24) is 15.1 Å². The molecule has 4 rings (SSSR count). The standard InChI is InChI=1S/C28H34N4O5S/c1-4-35-23-14-20(15-24(36-5-2)26(23)37-6-3)28(34)30-27-21-17-38-18-22(21)31-32(27)16-25(33)29-13-12-19-10-8-7-9-11-19/h7-11,14-15H,4-6,12-13,16-18H2,1-3H3,(H,29,33)(H,30,34). The fourth-order valence-electron chi connectivity index (χ4n) is 4.20. The van der Waals surface area contributed by atoms with Crippen molar-refractivity contribution in [2.75, 3.05) is 31.7 Å². The lowest BCUT2D eigenvalue weighted by Crippen LogP contribution is -2.30. The molecule has 0 unspecified atom stereocenters. The number of hydrogen-bond donors (Lipinski definition) is 2. The molecule has 0 fully saturated rings. The molecule has 1 aliphatic heterocycles. The number of carbonyl (C=O) groups is 2. The molecule has 9 nitrogen and oxygen atoms in total. The summed E-state index contributed by atoms with van der Waals surface area (Å²) < 4.78 is 18.9. The molecule has 1 aromatic heterocycles. The molecular formula is C28H34N4O5S. The number of rotatable bonds is 13. The van der Waals surface area contributed by atoms with Crippen molar-refractivity contribution in [2.45, 2.75) is 45.2 Å². The summed E-state index contributed by atoms with van der Waals surface area (Å²) in [6.45, 7) is 7.40. The third kappa shape index (κ3) is 6.61. The summed E-state index contributed by atoms with van der Waals surface area (Å²) in [6, 6.07) is 13.3. The third-order valence-corrected chi connectivity index (χ3v) is 6.86. The summed E-state index contributed by atoms with van der Waals surface area (Å²) in [5, 5.41) is 10.6. The molecule has 0 radical (unpaired) electrons. The van der Waals surface area contributed by atoms with Crippen LogP contribution in [0, 0.1) is 0 Å². The fourth-order valence-corrected chi connectivity index (χ4v) is 5.24. The van der Waals surface area contributed by atoms with Crippen molar-refractivity contribution in [3.05, 3.63) is 64.8 Å². The summed E-state index contributed by atoms with van der Waals surface area (Å²) >= 11 is 1.73. The second-order valence-corrected chi connectivity index (χ2v) is 9.55. The molecule has 2 aromatic carbocycles. The molecule has 0 bridgehead atoms. The molecule has 38 heavy (non-hydrogen) atoms. The summed E-state index contributed by atoms with van der Waals surface area (Å²) in [5.74, 6) is 2.85. The highest BCUT2D eigenvalue weighted by Crippen LogP contribution is 2.40. The number of benzene rings is 2. The smallest absolute Gasteiger partial charge is 0.257 e. The number of aromatic nitrogens is 2. The molecule has 2 heterocycles. The lowest BCUT2D eigenvalue weighted by atomic mass is 10.1. The molecule has 2 N–H and O–H groups in total. The predicted molar refractivity (Wildman–Crippen MR) is 148 cm³/mol. The zero-order chi connectivity index (χ0) is 26.9. The van der Waals surface area contributed by atoms with Gasteiger partial charge in [-0.2, -0.15) is 16.9 Å². The van der Waals surface area contributed by atoms with Crippen LogP contribution in [0.3, 0.4) is 0 Å². The van der Waals surface area contributed by atoms with Crippen LogP contribution >= 0.6 is 11.8 Å². The van der Waals surface area contributed by atoms with Crippen LogP contribution in [0.15, 0.2) is 42.5 Å². The monoisotopic (exact) mass is 538 g/mol. The Morgan fingerprint density at radius 2 is 1.66 bits per heavy atom. The van der Waals surface area contributed by atoms with Gasteiger partial charge in [-0.15, -0.1) is 0 Å². The first kappa shape index (κ1) is 27.4. The number of anilines is 1. The van der Waals surface area contributed by atoms with E-state index in [0.29, 0.717) is 55.0 Å². The number of ether oxygens (including phenoxy) is 3. The fraction of sp³-hybridized carbons (Fsp3) is 0.393. The van der Waals surface area contributed by atoms with Gasteiger partial charge in [-0.25, -0.2) is 4.68 Å². The van der Waals surface area contributed by atoms with E-state index in [-0.39, 0.29) is 18.4 Å². The Labute approximate surface area is 227 Å². The average molecular weight is 539 g/mol. The Balaban J connectivity index is 1.52. The normalized spacial score (nSPS) is 12.1. The Hall–Kier alpha value is -3.66. The minimum atomic E-state index is -0.347. The minimum absolute atomic E-state index is 0.0136. The summed E-state index contributed by atoms with van der Waals surface area (Å²) in [6.07, 6.45) is 0.741. The first-order valence-corrected chi connectivity index (χ1v) is 14.0. The first-order valence-electron chi connectivity index (χ1n) is 12.9. The van der Waals surface area contributed by atoms with Crippen molar-refractivity contribution in [2.24, 2.45) is 0 Å². The number of fused-ring (bicyclic) bond motifs is 1. The van der Waals surface area contributed by atoms with Gasteiger partial charge in [0.05, 0.1) is 25.5 Å². The van der Waals surface area contributed by atoms with Crippen LogP contribution in [-0.2, 0) is 29.3 Å². The summed E-state index contributed by atoms with van der Waals surface area (Å²) in [5.41, 5.74) is 3.35. The Bertz CT molecular complexity index is 1230. The topological polar surface area (TPSA) is 104 Å². The molecule has 0 atom stereocenters. The van der Waals surface area contributed by atoms with E-state index in [9.17, 15) is 9.59 Å². The molecule has 3 aromatic rings. The van der Waals surface area contributed by atoms with Crippen molar-refractivity contribution >= 4 is 29.4 Å². The third-order valence-electron chi connectivity index (χ3n) is 5.89. The lowest BCUT2D eigenvalue weighted by Gasteiger charge is -2.17. The van der Waals surface area contributed by atoms with Gasteiger partial charge < -0.3 is 24.8 Å². The van der Waals surface area contributed by atoms with Crippen LogP contribution in [0.25, 0.3) is 0 Å². The average Bonchev–Trinajstić information content (AvgIpc) is 3.49.